The number of halogens is 2. The highest BCUT2D eigenvalue weighted by Crippen LogP contribution is 2.32. The van der Waals surface area contributed by atoms with Crippen LogP contribution in [0.5, 0.6) is 11.5 Å². The summed E-state index contributed by atoms with van der Waals surface area (Å²) in [6.07, 6.45) is 1.66. The number of aryl methyl sites for hydroxylation is 2. The highest BCUT2D eigenvalue weighted by atomic mass is 32.1. The second-order valence-corrected chi connectivity index (χ2v) is 8.35. The van der Waals surface area contributed by atoms with Crippen molar-refractivity contribution >= 4 is 27.5 Å². The number of carbonyl (C=O) groups excluding carboxylic acids is 1. The van der Waals surface area contributed by atoms with Crippen molar-refractivity contribution in [2.24, 2.45) is 0 Å². The summed E-state index contributed by atoms with van der Waals surface area (Å²) < 4.78 is 36.3. The first-order valence-corrected chi connectivity index (χ1v) is 10.5. The molecule has 1 aliphatic rings. The molecule has 2 aromatic heterocycles. The lowest BCUT2D eigenvalue weighted by molar-refractivity contribution is -0.0512. The van der Waals surface area contributed by atoms with Gasteiger partial charge in [0.25, 0.3) is 11.5 Å². The smallest absolute Gasteiger partial charge is 0.387 e. The van der Waals surface area contributed by atoms with Gasteiger partial charge in [-0.05, 0) is 36.6 Å². The van der Waals surface area contributed by atoms with Gasteiger partial charge in [-0.3, -0.25) is 14.2 Å². The van der Waals surface area contributed by atoms with Gasteiger partial charge in [-0.15, -0.1) is 11.3 Å². The molecule has 0 N–H and O–H groups in total. The zero-order chi connectivity index (χ0) is 22.3. The number of methoxy groups -OCH3 is 1. The summed E-state index contributed by atoms with van der Waals surface area (Å²) in [6, 6.07) is 4.54. The van der Waals surface area contributed by atoms with Crippen LogP contribution < -0.4 is 15.0 Å². The molecule has 0 saturated heterocycles. The number of ether oxygens (including phenoxy) is 2. The Morgan fingerprint density at radius 2 is 2.13 bits per heavy atom. The third-order valence-corrected chi connectivity index (χ3v) is 6.49. The second kappa shape index (κ2) is 8.26. The molecule has 0 atom stereocenters. The van der Waals surface area contributed by atoms with E-state index in [1.165, 1.54) is 29.4 Å². The van der Waals surface area contributed by atoms with E-state index in [2.05, 4.69) is 9.72 Å². The summed E-state index contributed by atoms with van der Waals surface area (Å²) >= 11 is 1.22. The van der Waals surface area contributed by atoms with Crippen molar-refractivity contribution in [3.63, 3.8) is 0 Å². The molecule has 0 bridgehead atoms. The molecule has 1 aliphatic heterocycles. The van der Waals surface area contributed by atoms with Gasteiger partial charge in [-0.1, -0.05) is 6.07 Å². The number of fused-ring (bicyclic) bond motifs is 2. The fraction of sp³-hybridized carbons (Fsp3) is 0.381. The van der Waals surface area contributed by atoms with Crippen molar-refractivity contribution in [3.05, 3.63) is 50.4 Å². The summed E-state index contributed by atoms with van der Waals surface area (Å²) in [5.74, 6) is 0.611. The predicted molar refractivity (Wildman–Crippen MR) is 112 cm³/mol. The van der Waals surface area contributed by atoms with Gasteiger partial charge in [-0.25, -0.2) is 4.98 Å². The van der Waals surface area contributed by atoms with Crippen LogP contribution in [0.4, 0.5) is 8.78 Å². The van der Waals surface area contributed by atoms with E-state index in [-0.39, 0.29) is 29.5 Å². The molecule has 4 rings (SSSR count). The Bertz CT molecular complexity index is 1220. The van der Waals surface area contributed by atoms with Crippen LogP contribution in [0.3, 0.4) is 0 Å². The van der Waals surface area contributed by atoms with Crippen molar-refractivity contribution in [2.75, 3.05) is 14.2 Å². The van der Waals surface area contributed by atoms with Crippen molar-refractivity contribution in [2.45, 2.75) is 39.5 Å². The maximum atomic E-state index is 13.1. The lowest BCUT2D eigenvalue weighted by Gasteiger charge is -2.18. The minimum atomic E-state index is -2.96. The van der Waals surface area contributed by atoms with Crippen molar-refractivity contribution in [1.29, 1.82) is 0 Å². The van der Waals surface area contributed by atoms with Gasteiger partial charge in [0.1, 0.15) is 10.7 Å². The topological polar surface area (TPSA) is 73.7 Å². The summed E-state index contributed by atoms with van der Waals surface area (Å²) in [5, 5.41) is 0.502. The minimum Gasteiger partial charge on any atom is -0.493 e. The van der Waals surface area contributed by atoms with Crippen LogP contribution >= 0.6 is 11.3 Å². The molecule has 0 radical (unpaired) electrons. The molecule has 0 aliphatic carbocycles. The molecule has 0 unspecified atom stereocenters. The van der Waals surface area contributed by atoms with Crippen molar-refractivity contribution in [3.8, 4) is 11.5 Å². The normalized spacial score (nSPS) is 13.0. The average molecular weight is 449 g/mol. The Labute approximate surface area is 180 Å². The number of hydrogen-bond acceptors (Lipinski definition) is 6. The zero-order valence-corrected chi connectivity index (χ0v) is 18.1. The number of rotatable bonds is 6. The third kappa shape index (κ3) is 3.87. The molecule has 0 spiro atoms. The summed E-state index contributed by atoms with van der Waals surface area (Å²) in [4.78, 5) is 33.1. The lowest BCUT2D eigenvalue weighted by atomic mass is 10.1. The number of alkyl halides is 2. The molecular formula is C21H21F2N3O4S. The molecule has 10 heteroatoms. The lowest BCUT2D eigenvalue weighted by Crippen LogP contribution is -2.26. The van der Waals surface area contributed by atoms with Crippen molar-refractivity contribution < 1.29 is 23.0 Å². The van der Waals surface area contributed by atoms with Gasteiger partial charge < -0.3 is 14.4 Å². The highest BCUT2D eigenvalue weighted by Gasteiger charge is 2.25. The fourth-order valence-electron chi connectivity index (χ4n) is 3.80. The first kappa shape index (κ1) is 21.2. The van der Waals surface area contributed by atoms with E-state index in [1.54, 1.807) is 30.7 Å². The first-order chi connectivity index (χ1) is 14.8. The molecule has 1 amide bonds. The maximum Gasteiger partial charge on any atom is 0.387 e. The Morgan fingerprint density at radius 3 is 2.84 bits per heavy atom. The van der Waals surface area contributed by atoms with Crippen LogP contribution in [-0.4, -0.2) is 41.1 Å². The van der Waals surface area contributed by atoms with E-state index >= 15 is 0 Å². The number of nitrogens with zero attached hydrogens (tertiary/aromatic N) is 3. The van der Waals surface area contributed by atoms with Crippen LogP contribution in [0.25, 0.3) is 10.2 Å². The number of benzene rings is 1. The van der Waals surface area contributed by atoms with Crippen LogP contribution in [-0.2, 0) is 19.5 Å². The Morgan fingerprint density at radius 1 is 1.35 bits per heavy atom. The van der Waals surface area contributed by atoms with E-state index in [4.69, 9.17) is 4.74 Å². The third-order valence-electron chi connectivity index (χ3n) is 5.32. The van der Waals surface area contributed by atoms with Gasteiger partial charge >= 0.3 is 6.61 Å². The van der Waals surface area contributed by atoms with Gasteiger partial charge in [0.2, 0.25) is 0 Å². The fourth-order valence-corrected chi connectivity index (χ4v) is 4.99. The monoisotopic (exact) mass is 449 g/mol. The van der Waals surface area contributed by atoms with Gasteiger partial charge in [0.15, 0.2) is 11.5 Å². The molecule has 1 aromatic carbocycles. The summed E-state index contributed by atoms with van der Waals surface area (Å²) in [6.45, 7) is -0.313. The SMILES string of the molecule is COc1cc(CN(C)C(=O)c2sc3nc4n(c(=O)c3c2C)CCC4)ccc1OC(F)F. The number of amides is 1. The molecule has 7 nitrogen and oxygen atoms in total. The summed E-state index contributed by atoms with van der Waals surface area (Å²) in [7, 11) is 3.00. The van der Waals surface area contributed by atoms with E-state index < -0.39 is 6.61 Å². The second-order valence-electron chi connectivity index (χ2n) is 7.35. The molecule has 31 heavy (non-hydrogen) atoms. The molecule has 3 aromatic rings. The molecule has 3 heterocycles. The molecule has 164 valence electrons. The standard InChI is InChI=1S/C21H21F2N3O4S/c1-11-16-18(24-15-5-4-8-26(15)19(16)27)31-17(11)20(28)25(2)10-12-6-7-13(30-21(22)23)14(9-12)29-3/h6-7,9,21H,4-5,8,10H2,1-3H3. The quantitative estimate of drug-likeness (QED) is 0.575. The number of aromatic nitrogens is 2. The maximum absolute atomic E-state index is 13.1. The minimum absolute atomic E-state index is 0.0739. The number of carbonyl (C=O) groups is 1. The Balaban J connectivity index is 1.60. The Kier molecular flexibility index (Phi) is 5.65. The molecule has 0 fully saturated rings. The van der Waals surface area contributed by atoms with E-state index in [0.29, 0.717) is 32.8 Å². The molecular weight excluding hydrogens is 428 g/mol. The number of hydrogen-bond donors (Lipinski definition) is 0. The number of thiophene rings is 1. The zero-order valence-electron chi connectivity index (χ0n) is 17.3. The van der Waals surface area contributed by atoms with Gasteiger partial charge in [-0.2, -0.15) is 8.78 Å². The van der Waals surface area contributed by atoms with Crippen LogP contribution in [0.2, 0.25) is 0 Å². The predicted octanol–water partition coefficient (Wildman–Crippen LogP) is 3.59. The van der Waals surface area contributed by atoms with E-state index in [0.717, 1.165) is 18.7 Å². The van der Waals surface area contributed by atoms with E-state index in [9.17, 15) is 18.4 Å². The van der Waals surface area contributed by atoms with Crippen molar-refractivity contribution in [1.82, 2.24) is 14.5 Å². The largest absolute Gasteiger partial charge is 0.493 e. The van der Waals surface area contributed by atoms with E-state index in [1.807, 2.05) is 0 Å². The Hall–Kier alpha value is -3.01. The molecule has 0 saturated carbocycles. The van der Waals surface area contributed by atoms with Crippen LogP contribution in [0, 0.1) is 6.92 Å². The summed E-state index contributed by atoms with van der Waals surface area (Å²) in [5.41, 5.74) is 1.23. The van der Waals surface area contributed by atoms with Gasteiger partial charge in [0.05, 0.1) is 17.4 Å². The van der Waals surface area contributed by atoms with Crippen LogP contribution in [0.15, 0.2) is 23.0 Å². The van der Waals surface area contributed by atoms with Gasteiger partial charge in [0, 0.05) is 26.6 Å². The average Bonchev–Trinajstić information content (AvgIpc) is 3.33. The highest BCUT2D eigenvalue weighted by molar-refractivity contribution is 7.20. The van der Waals surface area contributed by atoms with Crippen LogP contribution in [0.1, 0.15) is 33.0 Å². The first-order valence-electron chi connectivity index (χ1n) is 9.70.